The summed E-state index contributed by atoms with van der Waals surface area (Å²) >= 11 is 0. The van der Waals surface area contributed by atoms with Gasteiger partial charge >= 0.3 is 0 Å². The summed E-state index contributed by atoms with van der Waals surface area (Å²) in [6, 6.07) is 3.97. The molecule has 2 N–H and O–H groups in total. The molecule has 0 aromatic heterocycles. The van der Waals surface area contributed by atoms with Crippen molar-refractivity contribution in [1.82, 2.24) is 4.90 Å². The van der Waals surface area contributed by atoms with E-state index in [1.807, 2.05) is 0 Å². The first-order valence-corrected chi connectivity index (χ1v) is 6.63. The van der Waals surface area contributed by atoms with Crippen molar-refractivity contribution in [2.24, 2.45) is 11.7 Å². The van der Waals surface area contributed by atoms with Crippen molar-refractivity contribution in [1.29, 1.82) is 0 Å². The molecule has 1 aromatic carbocycles. The third-order valence-corrected chi connectivity index (χ3v) is 3.45. The lowest BCUT2D eigenvalue weighted by Gasteiger charge is -2.30. The van der Waals surface area contributed by atoms with Gasteiger partial charge in [0.15, 0.2) is 11.6 Å². The van der Waals surface area contributed by atoms with Crippen LogP contribution in [0.1, 0.15) is 5.56 Å². The molecule has 0 saturated carbocycles. The number of benzene rings is 1. The third-order valence-electron chi connectivity index (χ3n) is 3.45. The molecule has 1 aliphatic heterocycles. The Morgan fingerprint density at radius 3 is 2.70 bits per heavy atom. The summed E-state index contributed by atoms with van der Waals surface area (Å²) in [7, 11) is 0. The summed E-state index contributed by atoms with van der Waals surface area (Å²) < 4.78 is 32.0. The van der Waals surface area contributed by atoms with Gasteiger partial charge < -0.3 is 15.4 Å². The highest BCUT2D eigenvalue weighted by Gasteiger charge is 2.26. The predicted octanol–water partition coefficient (Wildman–Crippen LogP) is 0.941. The minimum absolute atomic E-state index is 0.103. The standard InChI is InChI=1S/C14H18F2N2O2/c15-12-3-1-2-10(13(12)16)8-11(9-17)14(19)18-4-6-20-7-5-18/h1-3,11H,4-9,17H2. The molecule has 6 heteroatoms. The number of rotatable bonds is 4. The van der Waals surface area contributed by atoms with E-state index in [4.69, 9.17) is 10.5 Å². The number of hydrogen-bond acceptors (Lipinski definition) is 3. The largest absolute Gasteiger partial charge is 0.378 e. The summed E-state index contributed by atoms with van der Waals surface area (Å²) in [4.78, 5) is 14.0. The molecule has 1 aliphatic rings. The molecular weight excluding hydrogens is 266 g/mol. The Balaban J connectivity index is 2.08. The Morgan fingerprint density at radius 1 is 1.35 bits per heavy atom. The smallest absolute Gasteiger partial charge is 0.227 e. The van der Waals surface area contributed by atoms with Crippen LogP contribution in [0, 0.1) is 17.6 Å². The quantitative estimate of drug-likeness (QED) is 0.895. The van der Waals surface area contributed by atoms with Crippen molar-refractivity contribution in [2.45, 2.75) is 6.42 Å². The number of ether oxygens (including phenoxy) is 1. The van der Waals surface area contributed by atoms with Crippen LogP contribution in [0.15, 0.2) is 18.2 Å². The van der Waals surface area contributed by atoms with Crippen LogP contribution in [-0.2, 0) is 16.0 Å². The Hall–Kier alpha value is -1.53. The second-order valence-corrected chi connectivity index (χ2v) is 4.79. The maximum Gasteiger partial charge on any atom is 0.227 e. The first kappa shape index (κ1) is 14.9. The fraction of sp³-hybridized carbons (Fsp3) is 0.500. The fourth-order valence-electron chi connectivity index (χ4n) is 2.28. The Labute approximate surface area is 116 Å². The number of nitrogens with zero attached hydrogens (tertiary/aromatic N) is 1. The SMILES string of the molecule is NCC(Cc1cccc(F)c1F)C(=O)N1CCOCC1. The molecule has 0 aliphatic carbocycles. The highest BCUT2D eigenvalue weighted by molar-refractivity contribution is 5.79. The molecule has 0 spiro atoms. The molecule has 1 amide bonds. The van der Waals surface area contributed by atoms with E-state index in [0.717, 1.165) is 6.07 Å². The van der Waals surface area contributed by atoms with Crippen LogP contribution in [0.3, 0.4) is 0 Å². The normalized spacial score (nSPS) is 17.1. The molecule has 20 heavy (non-hydrogen) atoms. The van der Waals surface area contributed by atoms with E-state index in [1.165, 1.54) is 12.1 Å². The molecule has 1 heterocycles. The zero-order valence-corrected chi connectivity index (χ0v) is 11.1. The summed E-state index contributed by atoms with van der Waals surface area (Å²) in [5.74, 6) is -2.47. The van der Waals surface area contributed by atoms with E-state index >= 15 is 0 Å². The maximum absolute atomic E-state index is 13.6. The Morgan fingerprint density at radius 2 is 2.05 bits per heavy atom. The number of carbonyl (C=O) groups excluding carboxylic acids is 1. The molecule has 1 atom stereocenters. The van der Waals surface area contributed by atoms with Crippen LogP contribution in [0.25, 0.3) is 0 Å². The van der Waals surface area contributed by atoms with Crippen LogP contribution < -0.4 is 5.73 Å². The van der Waals surface area contributed by atoms with Crippen LogP contribution in [-0.4, -0.2) is 43.7 Å². The summed E-state index contributed by atoms with van der Waals surface area (Å²) in [5, 5.41) is 0. The number of nitrogens with two attached hydrogens (primary N) is 1. The number of hydrogen-bond donors (Lipinski definition) is 1. The number of morpholine rings is 1. The van der Waals surface area contributed by atoms with Gasteiger partial charge in [0.1, 0.15) is 0 Å². The highest BCUT2D eigenvalue weighted by atomic mass is 19.2. The van der Waals surface area contributed by atoms with Gasteiger partial charge in [-0.3, -0.25) is 4.79 Å². The van der Waals surface area contributed by atoms with Gasteiger partial charge in [0.25, 0.3) is 0 Å². The molecule has 1 aromatic rings. The predicted molar refractivity (Wildman–Crippen MR) is 70.0 cm³/mol. The summed E-state index contributed by atoms with van der Waals surface area (Å²) in [5.41, 5.74) is 5.80. The van der Waals surface area contributed by atoms with Crippen molar-refractivity contribution in [3.05, 3.63) is 35.4 Å². The second-order valence-electron chi connectivity index (χ2n) is 4.79. The van der Waals surface area contributed by atoms with E-state index < -0.39 is 17.6 Å². The highest BCUT2D eigenvalue weighted by Crippen LogP contribution is 2.17. The molecule has 0 bridgehead atoms. The van der Waals surface area contributed by atoms with Crippen LogP contribution in [0.2, 0.25) is 0 Å². The van der Waals surface area contributed by atoms with Crippen molar-refractivity contribution < 1.29 is 18.3 Å². The molecule has 4 nitrogen and oxygen atoms in total. The lowest BCUT2D eigenvalue weighted by Crippen LogP contribution is -2.46. The van der Waals surface area contributed by atoms with Gasteiger partial charge in [0.2, 0.25) is 5.91 Å². The lowest BCUT2D eigenvalue weighted by molar-refractivity contribution is -0.139. The van der Waals surface area contributed by atoms with Gasteiger partial charge in [-0.25, -0.2) is 8.78 Å². The topological polar surface area (TPSA) is 55.6 Å². The van der Waals surface area contributed by atoms with Crippen LogP contribution in [0.4, 0.5) is 8.78 Å². The Bertz CT molecular complexity index is 476. The van der Waals surface area contributed by atoms with Gasteiger partial charge in [0.05, 0.1) is 19.1 Å². The number of amides is 1. The van der Waals surface area contributed by atoms with E-state index in [0.29, 0.717) is 26.3 Å². The average Bonchev–Trinajstić information content (AvgIpc) is 2.49. The molecule has 1 saturated heterocycles. The molecule has 1 fully saturated rings. The third kappa shape index (κ3) is 3.32. The Kier molecular flexibility index (Phi) is 5.03. The number of halogens is 2. The van der Waals surface area contributed by atoms with Crippen molar-refractivity contribution in [3.8, 4) is 0 Å². The first-order valence-electron chi connectivity index (χ1n) is 6.63. The average molecular weight is 284 g/mol. The van der Waals surface area contributed by atoms with Gasteiger partial charge in [-0.05, 0) is 18.1 Å². The number of carbonyl (C=O) groups is 1. The van der Waals surface area contributed by atoms with Crippen molar-refractivity contribution in [3.63, 3.8) is 0 Å². The second kappa shape index (κ2) is 6.76. The van der Waals surface area contributed by atoms with Crippen molar-refractivity contribution >= 4 is 5.91 Å². The van der Waals surface area contributed by atoms with E-state index in [9.17, 15) is 13.6 Å². The van der Waals surface area contributed by atoms with Gasteiger partial charge in [-0.1, -0.05) is 12.1 Å². The van der Waals surface area contributed by atoms with Gasteiger partial charge in [-0.15, -0.1) is 0 Å². The monoisotopic (exact) mass is 284 g/mol. The van der Waals surface area contributed by atoms with Gasteiger partial charge in [-0.2, -0.15) is 0 Å². The maximum atomic E-state index is 13.6. The van der Waals surface area contributed by atoms with E-state index in [-0.39, 0.29) is 24.4 Å². The minimum Gasteiger partial charge on any atom is -0.378 e. The zero-order chi connectivity index (χ0) is 14.5. The summed E-state index contributed by atoms with van der Waals surface area (Å²) in [6.07, 6.45) is 0.107. The molecule has 2 rings (SSSR count). The molecular formula is C14H18F2N2O2. The molecule has 1 unspecified atom stereocenters. The minimum atomic E-state index is -0.905. The summed E-state index contributed by atoms with van der Waals surface area (Å²) in [6.45, 7) is 2.13. The lowest BCUT2D eigenvalue weighted by atomic mass is 9.97. The van der Waals surface area contributed by atoms with Crippen molar-refractivity contribution in [2.75, 3.05) is 32.8 Å². The van der Waals surface area contributed by atoms with Gasteiger partial charge in [0, 0.05) is 19.6 Å². The van der Waals surface area contributed by atoms with E-state index in [2.05, 4.69) is 0 Å². The van der Waals surface area contributed by atoms with Crippen LogP contribution in [0.5, 0.6) is 0 Å². The van der Waals surface area contributed by atoms with Crippen LogP contribution >= 0.6 is 0 Å². The van der Waals surface area contributed by atoms with E-state index in [1.54, 1.807) is 4.90 Å². The first-order chi connectivity index (χ1) is 9.63. The molecule has 0 radical (unpaired) electrons. The molecule has 110 valence electrons. The zero-order valence-electron chi connectivity index (χ0n) is 11.1. The fourth-order valence-corrected chi connectivity index (χ4v) is 2.28.